The Morgan fingerprint density at radius 3 is 2.68 bits per heavy atom. The fraction of sp³-hybridized carbons (Fsp3) is 0.370. The van der Waals surface area contributed by atoms with Gasteiger partial charge >= 0.3 is 6.03 Å². The average molecular weight is 460 g/mol. The predicted molar refractivity (Wildman–Crippen MR) is 129 cm³/mol. The summed E-state index contributed by atoms with van der Waals surface area (Å²) in [5, 5.41) is 4.72. The smallest absolute Gasteiger partial charge is 0.325 e. The molecule has 1 N–H and O–H groups in total. The third-order valence-electron chi connectivity index (χ3n) is 7.19. The van der Waals surface area contributed by atoms with E-state index in [9.17, 15) is 14.4 Å². The van der Waals surface area contributed by atoms with E-state index in [1.807, 2.05) is 62.4 Å². The lowest BCUT2D eigenvalue weighted by Crippen LogP contribution is -2.41. The summed E-state index contributed by atoms with van der Waals surface area (Å²) in [4.78, 5) is 40.7. The Bertz CT molecular complexity index is 1300. The molecule has 2 aliphatic heterocycles. The molecular formula is C27H29N3O4. The number of rotatable bonds is 6. The highest BCUT2D eigenvalue weighted by Crippen LogP contribution is 2.34. The van der Waals surface area contributed by atoms with Crippen molar-refractivity contribution in [2.45, 2.75) is 51.8 Å². The number of aryl methyl sites for hydroxylation is 1. The number of carbonyl (C=O) groups excluding carboxylic acids is 3. The molecule has 0 unspecified atom stereocenters. The molecule has 3 amide bonds. The molecule has 176 valence electrons. The number of amides is 3. The van der Waals surface area contributed by atoms with Crippen LogP contribution in [-0.2, 0) is 21.6 Å². The van der Waals surface area contributed by atoms with Gasteiger partial charge in [0.1, 0.15) is 5.54 Å². The van der Waals surface area contributed by atoms with Crippen LogP contribution in [-0.4, -0.2) is 46.4 Å². The van der Waals surface area contributed by atoms with E-state index in [4.69, 9.17) is 4.74 Å². The zero-order valence-electron chi connectivity index (χ0n) is 19.8. The monoisotopic (exact) mass is 459 g/mol. The van der Waals surface area contributed by atoms with Crippen molar-refractivity contribution in [3.8, 4) is 0 Å². The zero-order valence-corrected chi connectivity index (χ0v) is 19.8. The summed E-state index contributed by atoms with van der Waals surface area (Å²) in [6.07, 6.45) is 2.22. The Labute approximate surface area is 198 Å². The largest absolute Gasteiger partial charge is 0.376 e. The van der Waals surface area contributed by atoms with Gasteiger partial charge in [-0.15, -0.1) is 0 Å². The third-order valence-corrected chi connectivity index (χ3v) is 7.19. The van der Waals surface area contributed by atoms with Gasteiger partial charge in [0.25, 0.3) is 5.91 Å². The number of urea groups is 1. The first-order valence-electron chi connectivity index (χ1n) is 11.7. The van der Waals surface area contributed by atoms with Crippen molar-refractivity contribution in [3.05, 3.63) is 71.0 Å². The first-order valence-corrected chi connectivity index (χ1v) is 11.7. The molecule has 2 aromatic carbocycles. The van der Waals surface area contributed by atoms with E-state index in [1.54, 1.807) is 6.92 Å². The Morgan fingerprint density at radius 2 is 1.91 bits per heavy atom. The van der Waals surface area contributed by atoms with Crippen molar-refractivity contribution in [1.82, 2.24) is 14.8 Å². The minimum atomic E-state index is -1.24. The normalized spacial score (nSPS) is 22.6. The molecule has 7 heteroatoms. The second-order valence-corrected chi connectivity index (χ2v) is 9.43. The van der Waals surface area contributed by atoms with Gasteiger partial charge in [-0.25, -0.2) is 4.79 Å². The van der Waals surface area contributed by atoms with Crippen LogP contribution in [0, 0.1) is 13.8 Å². The van der Waals surface area contributed by atoms with Gasteiger partial charge in [0.15, 0.2) is 5.78 Å². The molecule has 3 aromatic rings. The van der Waals surface area contributed by atoms with Gasteiger partial charge in [0.05, 0.1) is 12.6 Å². The second kappa shape index (κ2) is 8.40. The van der Waals surface area contributed by atoms with Crippen LogP contribution in [0.3, 0.4) is 0 Å². The lowest BCUT2D eigenvalue weighted by atomic mass is 9.88. The highest BCUT2D eigenvalue weighted by Gasteiger charge is 2.50. The number of hydrogen-bond acceptors (Lipinski definition) is 4. The van der Waals surface area contributed by atoms with E-state index >= 15 is 0 Å². The van der Waals surface area contributed by atoms with Crippen LogP contribution in [0.1, 0.15) is 47.1 Å². The van der Waals surface area contributed by atoms with Gasteiger partial charge < -0.3 is 14.6 Å². The van der Waals surface area contributed by atoms with Gasteiger partial charge in [-0.3, -0.25) is 14.5 Å². The van der Waals surface area contributed by atoms with Gasteiger partial charge in [-0.1, -0.05) is 42.5 Å². The maximum atomic E-state index is 13.5. The van der Waals surface area contributed by atoms with Gasteiger partial charge in [0, 0.05) is 30.1 Å². The Hall–Kier alpha value is -3.45. The summed E-state index contributed by atoms with van der Waals surface area (Å²) in [6.45, 7) is 6.75. The molecule has 2 atom stereocenters. The molecule has 2 saturated heterocycles. The first kappa shape index (κ1) is 22.3. The van der Waals surface area contributed by atoms with Crippen LogP contribution in [0.15, 0.2) is 48.5 Å². The van der Waals surface area contributed by atoms with Crippen molar-refractivity contribution in [3.63, 3.8) is 0 Å². The highest BCUT2D eigenvalue weighted by atomic mass is 16.5. The molecule has 2 fully saturated rings. The van der Waals surface area contributed by atoms with Crippen LogP contribution < -0.4 is 5.32 Å². The Kier molecular flexibility index (Phi) is 5.52. The summed E-state index contributed by atoms with van der Waals surface area (Å²) < 4.78 is 7.85. The van der Waals surface area contributed by atoms with Gasteiger partial charge in [-0.05, 0) is 56.0 Å². The quantitative estimate of drug-likeness (QED) is 0.445. The zero-order chi connectivity index (χ0) is 24.0. The number of Topliss-reactive ketones (excluding diaryl/α,β-unsaturated/α-hetero) is 1. The number of hydrogen-bond donors (Lipinski definition) is 1. The summed E-state index contributed by atoms with van der Waals surface area (Å²) in [7, 11) is 0. The summed E-state index contributed by atoms with van der Waals surface area (Å²) in [5.41, 5.74) is 1.81. The van der Waals surface area contributed by atoms with Crippen LogP contribution in [0.4, 0.5) is 4.79 Å². The molecule has 0 saturated carbocycles. The van der Waals surface area contributed by atoms with E-state index < -0.39 is 17.5 Å². The fourth-order valence-corrected chi connectivity index (χ4v) is 5.27. The minimum absolute atomic E-state index is 0.153. The summed E-state index contributed by atoms with van der Waals surface area (Å²) in [5.74, 6) is -0.673. The maximum Gasteiger partial charge on any atom is 0.325 e. The topological polar surface area (TPSA) is 80.6 Å². The fourth-order valence-electron chi connectivity index (χ4n) is 5.27. The minimum Gasteiger partial charge on any atom is -0.376 e. The van der Waals surface area contributed by atoms with Gasteiger partial charge in [0.2, 0.25) is 0 Å². The van der Waals surface area contributed by atoms with E-state index in [0.717, 1.165) is 46.5 Å². The number of ether oxygens (including phenoxy) is 1. The number of ketones is 1. The molecule has 5 rings (SSSR count). The molecule has 0 radical (unpaired) electrons. The van der Waals surface area contributed by atoms with Crippen molar-refractivity contribution in [2.75, 3.05) is 13.2 Å². The third kappa shape index (κ3) is 3.60. The van der Waals surface area contributed by atoms with Crippen molar-refractivity contribution in [2.24, 2.45) is 0 Å². The molecule has 1 aromatic heterocycles. The number of imide groups is 1. The van der Waals surface area contributed by atoms with Crippen LogP contribution in [0.5, 0.6) is 0 Å². The molecule has 2 aliphatic rings. The SMILES string of the molecule is Cc1cc(C(=O)CN2C(=O)N[C@@](C)(c3cccc4ccccc34)C2=O)c(C)n1C[C@@H]1CCCO1. The van der Waals surface area contributed by atoms with Gasteiger partial charge in [-0.2, -0.15) is 0 Å². The van der Waals surface area contributed by atoms with Crippen LogP contribution in [0.25, 0.3) is 10.8 Å². The predicted octanol–water partition coefficient (Wildman–Crippen LogP) is 4.09. The molecule has 0 spiro atoms. The second-order valence-electron chi connectivity index (χ2n) is 9.43. The number of nitrogens with one attached hydrogen (secondary N) is 1. The molecule has 0 aliphatic carbocycles. The molecule has 34 heavy (non-hydrogen) atoms. The first-order chi connectivity index (χ1) is 16.3. The molecule has 7 nitrogen and oxygen atoms in total. The van der Waals surface area contributed by atoms with Crippen molar-refractivity contribution in [1.29, 1.82) is 0 Å². The van der Waals surface area contributed by atoms with E-state index in [1.165, 1.54) is 0 Å². The van der Waals surface area contributed by atoms with Crippen LogP contribution >= 0.6 is 0 Å². The molecule has 0 bridgehead atoms. The lowest BCUT2D eigenvalue weighted by molar-refractivity contribution is -0.130. The number of carbonyl (C=O) groups is 3. The lowest BCUT2D eigenvalue weighted by Gasteiger charge is -2.24. The number of nitrogens with zero attached hydrogens (tertiary/aromatic N) is 2. The average Bonchev–Trinajstić information content (AvgIpc) is 3.50. The number of benzene rings is 2. The maximum absolute atomic E-state index is 13.5. The Morgan fingerprint density at radius 1 is 1.15 bits per heavy atom. The van der Waals surface area contributed by atoms with E-state index in [-0.39, 0.29) is 18.4 Å². The highest BCUT2D eigenvalue weighted by molar-refractivity contribution is 6.12. The Balaban J connectivity index is 1.40. The summed E-state index contributed by atoms with van der Waals surface area (Å²) in [6, 6.07) is 14.7. The van der Waals surface area contributed by atoms with E-state index in [2.05, 4.69) is 9.88 Å². The number of aromatic nitrogens is 1. The van der Waals surface area contributed by atoms with E-state index in [0.29, 0.717) is 17.7 Å². The standard InChI is InChI=1S/C27H29N3O4/c1-17-14-22(18(2)29(17)15-20-10-7-13-34-20)24(31)16-30-25(32)27(3,28-26(30)33)23-12-6-9-19-8-4-5-11-21(19)23/h4-6,8-9,11-12,14,20H,7,10,13,15-16H2,1-3H3,(H,28,33)/t20-,27-/m0/s1. The van der Waals surface area contributed by atoms with Crippen molar-refractivity contribution < 1.29 is 19.1 Å². The number of fused-ring (bicyclic) bond motifs is 1. The van der Waals surface area contributed by atoms with Crippen molar-refractivity contribution >= 4 is 28.5 Å². The molecular weight excluding hydrogens is 430 g/mol. The van der Waals surface area contributed by atoms with Crippen LogP contribution in [0.2, 0.25) is 0 Å². The summed E-state index contributed by atoms with van der Waals surface area (Å²) >= 11 is 0. The molecule has 3 heterocycles.